The lowest BCUT2D eigenvalue weighted by atomic mass is 9.31. The van der Waals surface area contributed by atoms with Crippen LogP contribution in [-0.4, -0.2) is 24.0 Å². The average Bonchev–Trinajstić information content (AvgIpc) is 2.84. The Labute approximate surface area is 235 Å². The van der Waals surface area contributed by atoms with Crippen LogP contribution in [0.3, 0.4) is 0 Å². The fraction of sp³-hybridized carbons (Fsp3) is 0.824. The summed E-state index contributed by atoms with van der Waals surface area (Å²) in [7, 11) is 0. The highest BCUT2D eigenvalue weighted by Gasteiger charge is 2.72. The van der Waals surface area contributed by atoms with Crippen LogP contribution < -0.4 is 5.32 Å². The minimum atomic E-state index is -0.613. The van der Waals surface area contributed by atoms with E-state index in [1.807, 2.05) is 26.8 Å². The summed E-state index contributed by atoms with van der Waals surface area (Å²) in [6.07, 6.45) is 10.1. The third-order valence-electron chi connectivity index (χ3n) is 13.5. The molecule has 0 aliphatic heterocycles. The number of Topliss-reactive ketones (excluding diaryl/α,β-unsaturated/α-hetero) is 2. The van der Waals surface area contributed by atoms with Crippen LogP contribution in [0.2, 0.25) is 0 Å². The largest absolute Gasteiger partial charge is 0.356 e. The van der Waals surface area contributed by atoms with Crippen LogP contribution in [0.1, 0.15) is 113 Å². The zero-order valence-electron chi connectivity index (χ0n) is 25.6. The summed E-state index contributed by atoms with van der Waals surface area (Å²) in [5.41, 5.74) is -0.903. The second kappa shape index (κ2) is 8.77. The van der Waals surface area contributed by atoms with Crippen molar-refractivity contribution in [3.63, 3.8) is 0 Å². The van der Waals surface area contributed by atoms with Crippen molar-refractivity contribution < 1.29 is 14.4 Å². The number of nitrogens with one attached hydrogen (secondary N) is 1. The van der Waals surface area contributed by atoms with Crippen LogP contribution in [0.25, 0.3) is 0 Å². The Morgan fingerprint density at radius 2 is 1.64 bits per heavy atom. The number of amides is 1. The summed E-state index contributed by atoms with van der Waals surface area (Å²) in [6.45, 7) is 18.4. The van der Waals surface area contributed by atoms with Gasteiger partial charge in [-0.2, -0.15) is 5.26 Å². The summed E-state index contributed by atoms with van der Waals surface area (Å²) >= 11 is 0. The van der Waals surface area contributed by atoms with Crippen LogP contribution in [0.4, 0.5) is 0 Å². The van der Waals surface area contributed by atoms with Gasteiger partial charge in [0.2, 0.25) is 5.91 Å². The Morgan fingerprint density at radius 3 is 2.28 bits per heavy atom. The molecule has 8 atom stereocenters. The molecule has 4 saturated carbocycles. The molecule has 0 heterocycles. The number of nitrogens with zero attached hydrogens (tertiary/aromatic N) is 1. The van der Waals surface area contributed by atoms with E-state index in [-0.39, 0.29) is 68.0 Å². The van der Waals surface area contributed by atoms with Crippen LogP contribution in [-0.2, 0) is 14.4 Å². The first kappa shape index (κ1) is 28.6. The van der Waals surface area contributed by atoms with E-state index in [1.54, 1.807) is 0 Å². The second-order valence-corrected chi connectivity index (χ2v) is 16.2. The van der Waals surface area contributed by atoms with Crippen LogP contribution in [0, 0.1) is 67.5 Å². The molecule has 5 heteroatoms. The minimum Gasteiger partial charge on any atom is -0.356 e. The zero-order valence-corrected chi connectivity index (χ0v) is 25.6. The molecule has 214 valence electrons. The second-order valence-electron chi connectivity index (χ2n) is 16.2. The number of fused-ring (bicyclic) bond motifs is 7. The Hall–Kier alpha value is -1.96. The average molecular weight is 535 g/mol. The molecule has 5 rings (SSSR count). The highest BCUT2D eigenvalue weighted by molar-refractivity contribution is 6.04. The molecule has 1 N–H and O–H groups in total. The van der Waals surface area contributed by atoms with E-state index in [2.05, 4.69) is 46.0 Å². The molecule has 5 aliphatic carbocycles. The van der Waals surface area contributed by atoms with Crippen molar-refractivity contribution in [2.45, 2.75) is 113 Å². The molecular formula is C34H50N2O3. The molecule has 0 radical (unpaired) electrons. The van der Waals surface area contributed by atoms with Gasteiger partial charge in [0.05, 0.1) is 5.57 Å². The van der Waals surface area contributed by atoms with Crippen LogP contribution in [0.5, 0.6) is 0 Å². The quantitative estimate of drug-likeness (QED) is 0.431. The van der Waals surface area contributed by atoms with Crippen molar-refractivity contribution in [2.75, 3.05) is 6.54 Å². The Balaban J connectivity index is 1.60. The highest BCUT2D eigenvalue weighted by Crippen LogP contribution is 2.76. The van der Waals surface area contributed by atoms with Gasteiger partial charge in [-0.05, 0) is 96.7 Å². The molecule has 0 unspecified atom stereocenters. The van der Waals surface area contributed by atoms with E-state index in [0.29, 0.717) is 25.2 Å². The smallest absolute Gasteiger partial charge is 0.220 e. The van der Waals surface area contributed by atoms with E-state index in [9.17, 15) is 19.6 Å². The number of nitriles is 1. The molecule has 5 nitrogen and oxygen atoms in total. The van der Waals surface area contributed by atoms with E-state index < -0.39 is 5.41 Å². The molecule has 4 fully saturated rings. The molecule has 5 aliphatic rings. The van der Waals surface area contributed by atoms with E-state index in [0.717, 1.165) is 44.9 Å². The Kier molecular flexibility index (Phi) is 6.42. The number of ketones is 2. The Bertz CT molecular complexity index is 1180. The lowest BCUT2D eigenvalue weighted by Crippen LogP contribution is -2.68. The fourth-order valence-corrected chi connectivity index (χ4v) is 11.3. The Morgan fingerprint density at radius 1 is 0.974 bits per heavy atom. The van der Waals surface area contributed by atoms with Gasteiger partial charge >= 0.3 is 0 Å². The van der Waals surface area contributed by atoms with Gasteiger partial charge in [-0.1, -0.05) is 54.5 Å². The van der Waals surface area contributed by atoms with Crippen LogP contribution >= 0.6 is 0 Å². The van der Waals surface area contributed by atoms with Crippen molar-refractivity contribution in [1.29, 1.82) is 5.26 Å². The van der Waals surface area contributed by atoms with Gasteiger partial charge in [-0.25, -0.2) is 0 Å². The topological polar surface area (TPSA) is 87.0 Å². The summed E-state index contributed by atoms with van der Waals surface area (Å²) in [4.78, 5) is 40.9. The molecule has 0 saturated heterocycles. The maximum absolute atomic E-state index is 14.6. The standard InChI is InChI=1S/C34H50N2O3/c1-9-36-26(38)19-34-14-12-29(2,3)18-22(34)27-23(37)16-25-31(6)17-21(20-35)28(39)30(4,5)24(31)10-11-32(25,7)33(27,8)13-15-34/h17,22,24-25,27H,9-16,18-19H2,1-8H3,(H,36,38)/t22-,24+,25-,27+,31+,32-,33-,34-/m1/s1. The first-order valence-electron chi connectivity index (χ1n) is 15.5. The lowest BCUT2D eigenvalue weighted by Gasteiger charge is -2.72. The molecular weight excluding hydrogens is 484 g/mol. The van der Waals surface area contributed by atoms with Crippen LogP contribution in [0.15, 0.2) is 11.6 Å². The van der Waals surface area contributed by atoms with E-state index in [1.165, 1.54) is 0 Å². The minimum absolute atomic E-state index is 0.0421. The van der Waals surface area contributed by atoms with Gasteiger partial charge in [-0.3, -0.25) is 14.4 Å². The van der Waals surface area contributed by atoms with E-state index in [4.69, 9.17) is 0 Å². The molecule has 0 aromatic carbocycles. The van der Waals surface area contributed by atoms with Gasteiger partial charge < -0.3 is 5.32 Å². The molecule has 39 heavy (non-hydrogen) atoms. The number of allylic oxidation sites excluding steroid dienone is 2. The van der Waals surface area contributed by atoms with Crippen molar-refractivity contribution in [1.82, 2.24) is 5.32 Å². The zero-order chi connectivity index (χ0) is 28.8. The number of carbonyl (C=O) groups excluding carboxylic acids is 3. The van der Waals surface area contributed by atoms with Crippen molar-refractivity contribution in [3.8, 4) is 6.07 Å². The summed E-state index contributed by atoms with van der Waals surface area (Å²) in [5, 5.41) is 13.0. The van der Waals surface area contributed by atoms with Crippen molar-refractivity contribution in [2.24, 2.45) is 56.2 Å². The lowest BCUT2D eigenvalue weighted by molar-refractivity contribution is -0.223. The first-order valence-corrected chi connectivity index (χ1v) is 15.5. The predicted molar refractivity (Wildman–Crippen MR) is 152 cm³/mol. The molecule has 0 spiro atoms. The first-order chi connectivity index (χ1) is 18.0. The number of hydrogen-bond acceptors (Lipinski definition) is 4. The van der Waals surface area contributed by atoms with Gasteiger partial charge in [0.1, 0.15) is 11.9 Å². The normalized spacial score (nSPS) is 46.0. The maximum atomic E-state index is 14.6. The molecule has 0 aromatic heterocycles. The molecule has 0 aromatic rings. The predicted octanol–water partition coefficient (Wildman–Crippen LogP) is 6.81. The summed E-state index contributed by atoms with van der Waals surface area (Å²) < 4.78 is 0. The maximum Gasteiger partial charge on any atom is 0.220 e. The van der Waals surface area contributed by atoms with Gasteiger partial charge in [-0.15, -0.1) is 0 Å². The van der Waals surface area contributed by atoms with Gasteiger partial charge in [0.25, 0.3) is 0 Å². The van der Waals surface area contributed by atoms with E-state index >= 15 is 0 Å². The third kappa shape index (κ3) is 3.78. The monoisotopic (exact) mass is 534 g/mol. The highest BCUT2D eigenvalue weighted by atomic mass is 16.2. The SMILES string of the molecule is CCNC(=O)C[C@]12CCC(C)(C)C[C@@H]1[C@H]1C(=O)C[C@@H]3[C@@]4(C)C=C(C#N)C(=O)C(C)(C)[C@@H]4CC[C@@]3(C)[C@]1(C)CC2. The van der Waals surface area contributed by atoms with Gasteiger partial charge in [0.15, 0.2) is 5.78 Å². The number of carbonyl (C=O) groups is 3. The van der Waals surface area contributed by atoms with Crippen molar-refractivity contribution in [3.05, 3.63) is 11.6 Å². The summed E-state index contributed by atoms with van der Waals surface area (Å²) in [5.74, 6) is 0.850. The molecule has 0 bridgehead atoms. The fourth-order valence-electron chi connectivity index (χ4n) is 11.3. The molecule has 1 amide bonds. The van der Waals surface area contributed by atoms with Gasteiger partial charge in [0, 0.05) is 30.7 Å². The third-order valence-corrected chi connectivity index (χ3v) is 13.5. The number of rotatable bonds is 3. The number of hydrogen-bond donors (Lipinski definition) is 1. The summed E-state index contributed by atoms with van der Waals surface area (Å²) in [6, 6.07) is 2.22. The van der Waals surface area contributed by atoms with Crippen molar-refractivity contribution >= 4 is 17.5 Å².